The number of nitrogens with zero attached hydrogens (tertiary/aromatic N) is 1. The van der Waals surface area contributed by atoms with Gasteiger partial charge in [-0.3, -0.25) is 4.79 Å². The lowest BCUT2D eigenvalue weighted by Gasteiger charge is -2.40. The molecule has 1 heterocycles. The number of fused-ring (bicyclic) bond motifs is 2. The van der Waals surface area contributed by atoms with Crippen molar-refractivity contribution in [1.82, 2.24) is 4.90 Å². The van der Waals surface area contributed by atoms with E-state index < -0.39 is 0 Å². The molecule has 102 valence electrons. The van der Waals surface area contributed by atoms with Crippen LogP contribution in [0.1, 0.15) is 49.0 Å². The Labute approximate surface area is 115 Å². The van der Waals surface area contributed by atoms with Crippen molar-refractivity contribution in [3.8, 4) is 0 Å². The summed E-state index contributed by atoms with van der Waals surface area (Å²) >= 11 is 0. The third-order valence-electron chi connectivity index (χ3n) is 4.73. The Balaban J connectivity index is 1.79. The minimum atomic E-state index is 0.154. The molecular formula is C17H23NO. The summed E-state index contributed by atoms with van der Waals surface area (Å²) in [6, 6.07) is 8.26. The Kier molecular flexibility index (Phi) is 3.22. The minimum absolute atomic E-state index is 0.154. The first-order chi connectivity index (χ1) is 9.11. The Hall–Kier alpha value is -1.15. The van der Waals surface area contributed by atoms with Gasteiger partial charge in [0.25, 0.3) is 0 Å². The van der Waals surface area contributed by atoms with Crippen molar-refractivity contribution >= 4 is 5.78 Å². The van der Waals surface area contributed by atoms with Gasteiger partial charge in [-0.05, 0) is 37.4 Å². The maximum Gasteiger partial charge on any atom is 0.164 e. The van der Waals surface area contributed by atoms with E-state index in [1.807, 2.05) is 12.1 Å². The quantitative estimate of drug-likeness (QED) is 0.810. The Morgan fingerprint density at radius 1 is 1.21 bits per heavy atom. The highest BCUT2D eigenvalue weighted by Gasteiger charge is 2.44. The topological polar surface area (TPSA) is 20.3 Å². The van der Waals surface area contributed by atoms with Crippen LogP contribution in [0, 0.1) is 5.92 Å². The number of carbonyl (C=O) groups is 1. The molecule has 1 fully saturated rings. The molecule has 1 aliphatic carbocycles. The summed E-state index contributed by atoms with van der Waals surface area (Å²) in [6.07, 6.45) is 3.02. The summed E-state index contributed by atoms with van der Waals surface area (Å²) in [5.74, 6) is 1.08. The second-order valence-corrected chi connectivity index (χ2v) is 6.62. The normalized spacial score (nSPS) is 22.2. The van der Waals surface area contributed by atoms with Gasteiger partial charge in [0.1, 0.15) is 0 Å². The minimum Gasteiger partial charge on any atom is -0.303 e. The molecule has 1 aromatic carbocycles. The Morgan fingerprint density at radius 2 is 1.89 bits per heavy atom. The van der Waals surface area contributed by atoms with Crippen LogP contribution in [0.4, 0.5) is 0 Å². The SMILES string of the molecule is CC(C)CN1CCC2(CC1)CC(=O)c1ccccc12. The van der Waals surface area contributed by atoms with Crippen molar-refractivity contribution < 1.29 is 4.79 Å². The van der Waals surface area contributed by atoms with E-state index in [0.29, 0.717) is 5.78 Å². The molecular weight excluding hydrogens is 234 g/mol. The number of piperidine rings is 1. The first-order valence-corrected chi connectivity index (χ1v) is 7.46. The van der Waals surface area contributed by atoms with Gasteiger partial charge in [-0.25, -0.2) is 0 Å². The lowest BCUT2D eigenvalue weighted by Crippen LogP contribution is -2.43. The number of carbonyl (C=O) groups excluding carboxylic acids is 1. The van der Waals surface area contributed by atoms with Crippen molar-refractivity contribution in [2.24, 2.45) is 5.92 Å². The number of hydrogen-bond donors (Lipinski definition) is 0. The first kappa shape index (κ1) is 12.9. The molecule has 0 amide bonds. The number of likely N-dealkylation sites (tertiary alicyclic amines) is 1. The van der Waals surface area contributed by atoms with Gasteiger partial charge in [0.2, 0.25) is 0 Å². The third kappa shape index (κ3) is 2.23. The lowest BCUT2D eigenvalue weighted by atomic mass is 9.73. The van der Waals surface area contributed by atoms with E-state index >= 15 is 0 Å². The van der Waals surface area contributed by atoms with Crippen molar-refractivity contribution in [1.29, 1.82) is 0 Å². The smallest absolute Gasteiger partial charge is 0.164 e. The fraction of sp³-hybridized carbons (Fsp3) is 0.588. The highest BCUT2D eigenvalue weighted by atomic mass is 16.1. The number of ketones is 1. The molecule has 2 aliphatic rings. The second kappa shape index (κ2) is 4.75. The first-order valence-electron chi connectivity index (χ1n) is 7.46. The molecule has 0 bridgehead atoms. The van der Waals surface area contributed by atoms with E-state index in [2.05, 4.69) is 30.9 Å². The number of hydrogen-bond acceptors (Lipinski definition) is 2. The molecule has 1 spiro atoms. The summed E-state index contributed by atoms with van der Waals surface area (Å²) in [6.45, 7) is 8.02. The van der Waals surface area contributed by atoms with Crippen LogP contribution in [0.3, 0.4) is 0 Å². The molecule has 2 heteroatoms. The van der Waals surface area contributed by atoms with Gasteiger partial charge in [-0.1, -0.05) is 38.1 Å². The van der Waals surface area contributed by atoms with Crippen LogP contribution >= 0.6 is 0 Å². The van der Waals surface area contributed by atoms with Crippen LogP contribution in [0.25, 0.3) is 0 Å². The van der Waals surface area contributed by atoms with Crippen LogP contribution in [-0.2, 0) is 5.41 Å². The zero-order valence-corrected chi connectivity index (χ0v) is 12.0. The van der Waals surface area contributed by atoms with E-state index in [1.165, 1.54) is 12.1 Å². The highest BCUT2D eigenvalue weighted by Crippen LogP contribution is 2.46. The van der Waals surface area contributed by atoms with Gasteiger partial charge < -0.3 is 4.90 Å². The van der Waals surface area contributed by atoms with Crippen molar-refractivity contribution in [3.63, 3.8) is 0 Å². The molecule has 0 aromatic heterocycles. The number of rotatable bonds is 2. The molecule has 1 aromatic rings. The van der Waals surface area contributed by atoms with Crippen LogP contribution in [0.5, 0.6) is 0 Å². The second-order valence-electron chi connectivity index (χ2n) is 6.62. The largest absolute Gasteiger partial charge is 0.303 e. The number of benzene rings is 1. The molecule has 3 rings (SSSR count). The van der Waals surface area contributed by atoms with Gasteiger partial charge >= 0.3 is 0 Å². The van der Waals surface area contributed by atoms with E-state index in [-0.39, 0.29) is 5.41 Å². The molecule has 0 unspecified atom stereocenters. The highest BCUT2D eigenvalue weighted by molar-refractivity contribution is 6.02. The van der Waals surface area contributed by atoms with E-state index in [9.17, 15) is 4.79 Å². The molecule has 0 radical (unpaired) electrons. The summed E-state index contributed by atoms with van der Waals surface area (Å²) in [7, 11) is 0. The standard InChI is InChI=1S/C17H23NO/c1-13(2)12-18-9-7-17(8-10-18)11-16(19)14-5-3-4-6-15(14)17/h3-6,13H,7-12H2,1-2H3. The maximum atomic E-state index is 12.2. The zero-order valence-electron chi connectivity index (χ0n) is 12.0. The zero-order chi connectivity index (χ0) is 13.5. The summed E-state index contributed by atoms with van der Waals surface area (Å²) in [5.41, 5.74) is 2.46. The summed E-state index contributed by atoms with van der Waals surface area (Å²) < 4.78 is 0. The fourth-order valence-corrected chi connectivity index (χ4v) is 3.81. The Bertz CT molecular complexity index is 484. The van der Waals surface area contributed by atoms with Crippen LogP contribution in [0.2, 0.25) is 0 Å². The molecule has 1 aliphatic heterocycles. The van der Waals surface area contributed by atoms with Crippen LogP contribution < -0.4 is 0 Å². The van der Waals surface area contributed by atoms with Gasteiger partial charge in [-0.15, -0.1) is 0 Å². The van der Waals surface area contributed by atoms with E-state index in [0.717, 1.165) is 43.8 Å². The molecule has 1 saturated heterocycles. The predicted octanol–water partition coefficient (Wildman–Crippen LogP) is 3.26. The Morgan fingerprint density at radius 3 is 2.58 bits per heavy atom. The average Bonchev–Trinajstić information content (AvgIpc) is 2.66. The third-order valence-corrected chi connectivity index (χ3v) is 4.73. The lowest BCUT2D eigenvalue weighted by molar-refractivity contribution is 0.0927. The molecule has 19 heavy (non-hydrogen) atoms. The van der Waals surface area contributed by atoms with Crippen molar-refractivity contribution in [3.05, 3.63) is 35.4 Å². The van der Waals surface area contributed by atoms with Crippen LogP contribution in [0.15, 0.2) is 24.3 Å². The van der Waals surface area contributed by atoms with Crippen molar-refractivity contribution in [2.45, 2.75) is 38.5 Å². The molecule has 2 nitrogen and oxygen atoms in total. The number of Topliss-reactive ketones (excluding diaryl/α,β-unsaturated/α-hetero) is 1. The molecule has 0 atom stereocenters. The predicted molar refractivity (Wildman–Crippen MR) is 77.6 cm³/mol. The van der Waals surface area contributed by atoms with Gasteiger partial charge in [0, 0.05) is 23.9 Å². The van der Waals surface area contributed by atoms with Gasteiger partial charge in [0.05, 0.1) is 0 Å². The van der Waals surface area contributed by atoms with E-state index in [1.54, 1.807) is 0 Å². The van der Waals surface area contributed by atoms with Crippen molar-refractivity contribution in [2.75, 3.05) is 19.6 Å². The van der Waals surface area contributed by atoms with Crippen LogP contribution in [-0.4, -0.2) is 30.3 Å². The van der Waals surface area contributed by atoms with Gasteiger partial charge in [0.15, 0.2) is 5.78 Å². The fourth-order valence-electron chi connectivity index (χ4n) is 3.81. The molecule has 0 N–H and O–H groups in total. The summed E-state index contributed by atoms with van der Waals surface area (Å²) in [4.78, 5) is 14.7. The molecule has 0 saturated carbocycles. The monoisotopic (exact) mass is 257 g/mol. The van der Waals surface area contributed by atoms with Gasteiger partial charge in [-0.2, -0.15) is 0 Å². The average molecular weight is 257 g/mol. The van der Waals surface area contributed by atoms with E-state index in [4.69, 9.17) is 0 Å². The maximum absolute atomic E-state index is 12.2. The summed E-state index contributed by atoms with van der Waals surface area (Å²) in [5, 5.41) is 0.